The van der Waals surface area contributed by atoms with Gasteiger partial charge in [-0.05, 0) is 35.7 Å². The maximum Gasteiger partial charge on any atom is 0.315 e. The number of hydrogen-bond donors (Lipinski definition) is 3. The van der Waals surface area contributed by atoms with Crippen LogP contribution in [0.1, 0.15) is 12.8 Å². The van der Waals surface area contributed by atoms with Crippen LogP contribution in [0.5, 0.6) is 5.75 Å². The SMILES string of the molecule is O=C(NCCCOc1ccc2ccccc2c1)N[C@@H]1C=C[C@H](CO)C1. The molecular formula is C20H24N2O3. The number of aliphatic hydroxyl groups excluding tert-OH is 1. The minimum atomic E-state index is -0.182. The van der Waals surface area contributed by atoms with Crippen molar-refractivity contribution in [2.75, 3.05) is 19.8 Å². The molecule has 0 saturated carbocycles. The van der Waals surface area contributed by atoms with Crippen molar-refractivity contribution in [3.8, 4) is 5.75 Å². The number of nitrogens with one attached hydrogen (secondary N) is 2. The van der Waals surface area contributed by atoms with Crippen molar-refractivity contribution < 1.29 is 14.6 Å². The zero-order valence-corrected chi connectivity index (χ0v) is 14.2. The first-order valence-corrected chi connectivity index (χ1v) is 8.70. The number of carbonyl (C=O) groups excluding carboxylic acids is 1. The van der Waals surface area contributed by atoms with Crippen LogP contribution in [0.2, 0.25) is 0 Å². The Morgan fingerprint density at radius 1 is 1.16 bits per heavy atom. The van der Waals surface area contributed by atoms with Gasteiger partial charge in [0.25, 0.3) is 0 Å². The lowest BCUT2D eigenvalue weighted by molar-refractivity contribution is 0.230. The lowest BCUT2D eigenvalue weighted by Crippen LogP contribution is -2.41. The Morgan fingerprint density at radius 2 is 2.00 bits per heavy atom. The van der Waals surface area contributed by atoms with E-state index in [1.54, 1.807) is 0 Å². The fraction of sp³-hybridized carbons (Fsp3) is 0.350. The van der Waals surface area contributed by atoms with E-state index < -0.39 is 0 Å². The molecule has 0 bridgehead atoms. The first kappa shape index (κ1) is 17.3. The van der Waals surface area contributed by atoms with Gasteiger partial charge in [0.2, 0.25) is 0 Å². The molecule has 2 aromatic rings. The Hall–Kier alpha value is -2.53. The van der Waals surface area contributed by atoms with E-state index in [0.29, 0.717) is 13.2 Å². The van der Waals surface area contributed by atoms with Crippen molar-refractivity contribution in [3.63, 3.8) is 0 Å². The number of carbonyl (C=O) groups is 1. The molecule has 0 aliphatic heterocycles. The minimum absolute atomic E-state index is 0.00556. The number of amides is 2. The number of urea groups is 1. The molecule has 3 rings (SSSR count). The Morgan fingerprint density at radius 3 is 2.80 bits per heavy atom. The fourth-order valence-electron chi connectivity index (χ4n) is 2.96. The van der Waals surface area contributed by atoms with E-state index in [0.717, 1.165) is 24.0 Å². The smallest absolute Gasteiger partial charge is 0.315 e. The van der Waals surface area contributed by atoms with Crippen molar-refractivity contribution >= 4 is 16.8 Å². The van der Waals surface area contributed by atoms with Gasteiger partial charge in [0.15, 0.2) is 0 Å². The van der Waals surface area contributed by atoms with Crippen LogP contribution in [-0.2, 0) is 0 Å². The Labute approximate surface area is 147 Å². The molecule has 2 atom stereocenters. The van der Waals surface area contributed by atoms with Gasteiger partial charge in [-0.2, -0.15) is 0 Å². The van der Waals surface area contributed by atoms with Crippen LogP contribution in [0.25, 0.3) is 10.8 Å². The van der Waals surface area contributed by atoms with E-state index in [1.165, 1.54) is 5.39 Å². The lowest BCUT2D eigenvalue weighted by Gasteiger charge is -2.13. The van der Waals surface area contributed by atoms with Gasteiger partial charge in [0, 0.05) is 25.1 Å². The van der Waals surface area contributed by atoms with Gasteiger partial charge in [0.05, 0.1) is 6.61 Å². The van der Waals surface area contributed by atoms with Gasteiger partial charge in [-0.1, -0.05) is 42.5 Å². The van der Waals surface area contributed by atoms with Gasteiger partial charge in [-0.25, -0.2) is 4.79 Å². The molecule has 1 aliphatic rings. The van der Waals surface area contributed by atoms with Gasteiger partial charge in [0.1, 0.15) is 5.75 Å². The number of aliphatic hydroxyl groups is 1. The Kier molecular flexibility index (Phi) is 5.90. The maximum atomic E-state index is 11.8. The largest absolute Gasteiger partial charge is 0.494 e. The van der Waals surface area contributed by atoms with Crippen molar-refractivity contribution in [3.05, 3.63) is 54.6 Å². The molecule has 2 amide bonds. The second-order valence-corrected chi connectivity index (χ2v) is 6.28. The molecule has 3 N–H and O–H groups in total. The Balaban J connectivity index is 1.33. The quantitative estimate of drug-likeness (QED) is 0.536. The highest BCUT2D eigenvalue weighted by Crippen LogP contribution is 2.20. The summed E-state index contributed by atoms with van der Waals surface area (Å²) in [5.74, 6) is 0.995. The predicted molar refractivity (Wildman–Crippen MR) is 98.7 cm³/mol. The van der Waals surface area contributed by atoms with E-state index >= 15 is 0 Å². The van der Waals surface area contributed by atoms with Crippen LogP contribution in [0.4, 0.5) is 4.79 Å². The molecule has 132 valence electrons. The molecule has 0 radical (unpaired) electrons. The standard InChI is InChI=1S/C20H24N2O3/c23-14-15-6-8-18(12-15)22-20(24)21-10-3-11-25-19-9-7-16-4-1-2-5-17(16)13-19/h1-2,4-9,13,15,18,23H,3,10-12,14H2,(H2,21,22,24)/t15-,18+/m0/s1. The van der Waals surface area contributed by atoms with Crippen LogP contribution in [0, 0.1) is 5.92 Å². The molecule has 0 heterocycles. The van der Waals surface area contributed by atoms with Crippen molar-refractivity contribution in [1.82, 2.24) is 10.6 Å². The fourth-order valence-corrected chi connectivity index (χ4v) is 2.96. The monoisotopic (exact) mass is 340 g/mol. The third-order valence-corrected chi connectivity index (χ3v) is 4.32. The van der Waals surface area contributed by atoms with E-state index in [-0.39, 0.29) is 24.6 Å². The molecule has 0 aromatic heterocycles. The summed E-state index contributed by atoms with van der Waals surface area (Å²) in [6.45, 7) is 1.23. The van der Waals surface area contributed by atoms with Crippen LogP contribution < -0.4 is 15.4 Å². The number of hydrogen-bond acceptors (Lipinski definition) is 3. The minimum Gasteiger partial charge on any atom is -0.494 e. The first-order chi connectivity index (χ1) is 12.2. The van der Waals surface area contributed by atoms with Crippen molar-refractivity contribution in [2.45, 2.75) is 18.9 Å². The maximum absolute atomic E-state index is 11.8. The number of ether oxygens (including phenoxy) is 1. The highest BCUT2D eigenvalue weighted by molar-refractivity contribution is 5.83. The highest BCUT2D eigenvalue weighted by atomic mass is 16.5. The molecule has 25 heavy (non-hydrogen) atoms. The Bertz CT molecular complexity index is 745. The highest BCUT2D eigenvalue weighted by Gasteiger charge is 2.19. The zero-order chi connectivity index (χ0) is 17.5. The van der Waals surface area contributed by atoms with E-state index in [9.17, 15) is 4.79 Å². The topological polar surface area (TPSA) is 70.6 Å². The second-order valence-electron chi connectivity index (χ2n) is 6.28. The van der Waals surface area contributed by atoms with E-state index in [2.05, 4.69) is 22.8 Å². The summed E-state index contributed by atoms with van der Waals surface area (Å²) < 4.78 is 5.75. The summed E-state index contributed by atoms with van der Waals surface area (Å²) >= 11 is 0. The average molecular weight is 340 g/mol. The van der Waals surface area contributed by atoms with Crippen LogP contribution in [-0.4, -0.2) is 36.9 Å². The molecule has 0 fully saturated rings. The predicted octanol–water partition coefficient (Wildman–Crippen LogP) is 2.84. The lowest BCUT2D eigenvalue weighted by atomic mass is 10.1. The summed E-state index contributed by atoms with van der Waals surface area (Å²) in [6, 6.07) is 14.0. The zero-order valence-electron chi connectivity index (χ0n) is 14.2. The molecule has 5 nitrogen and oxygen atoms in total. The summed E-state index contributed by atoms with van der Waals surface area (Å²) in [4.78, 5) is 11.8. The second kappa shape index (κ2) is 8.53. The molecule has 2 aromatic carbocycles. The third-order valence-electron chi connectivity index (χ3n) is 4.32. The number of rotatable bonds is 7. The van der Waals surface area contributed by atoms with Crippen LogP contribution in [0.3, 0.4) is 0 Å². The van der Waals surface area contributed by atoms with E-state index in [1.807, 2.05) is 42.5 Å². The molecule has 0 saturated heterocycles. The summed E-state index contributed by atoms with van der Waals surface area (Å²) in [5.41, 5.74) is 0. The number of benzene rings is 2. The molecule has 1 aliphatic carbocycles. The molecular weight excluding hydrogens is 316 g/mol. The van der Waals surface area contributed by atoms with Gasteiger partial charge < -0.3 is 20.5 Å². The summed E-state index contributed by atoms with van der Waals surface area (Å²) in [6.07, 6.45) is 5.38. The molecule has 0 unspecified atom stereocenters. The van der Waals surface area contributed by atoms with Crippen LogP contribution >= 0.6 is 0 Å². The first-order valence-electron chi connectivity index (χ1n) is 8.70. The summed E-state index contributed by atoms with van der Waals surface area (Å²) in [5, 5.41) is 17.1. The third kappa shape index (κ3) is 4.97. The normalized spacial score (nSPS) is 19.1. The van der Waals surface area contributed by atoms with Crippen molar-refractivity contribution in [2.24, 2.45) is 5.92 Å². The van der Waals surface area contributed by atoms with Gasteiger partial charge >= 0.3 is 6.03 Å². The summed E-state index contributed by atoms with van der Waals surface area (Å²) in [7, 11) is 0. The van der Waals surface area contributed by atoms with E-state index in [4.69, 9.17) is 9.84 Å². The molecule has 5 heteroatoms. The number of fused-ring (bicyclic) bond motifs is 1. The average Bonchev–Trinajstić information content (AvgIpc) is 3.09. The van der Waals surface area contributed by atoms with Gasteiger partial charge in [-0.15, -0.1) is 0 Å². The van der Waals surface area contributed by atoms with Crippen molar-refractivity contribution in [1.29, 1.82) is 0 Å². The van der Waals surface area contributed by atoms with Gasteiger partial charge in [-0.3, -0.25) is 0 Å². The van der Waals surface area contributed by atoms with Crippen LogP contribution in [0.15, 0.2) is 54.6 Å². The molecule has 0 spiro atoms.